The van der Waals surface area contributed by atoms with E-state index in [4.69, 9.17) is 14.2 Å². The molecule has 0 saturated carbocycles. The van der Waals surface area contributed by atoms with Crippen LogP contribution in [0.1, 0.15) is 22.9 Å². The summed E-state index contributed by atoms with van der Waals surface area (Å²) in [4.78, 5) is 27.3. The molecule has 0 N–H and O–H groups in total. The van der Waals surface area contributed by atoms with Crippen molar-refractivity contribution in [2.24, 2.45) is 0 Å². The number of carbonyl (C=O) groups excluding carboxylic acids is 2. The lowest BCUT2D eigenvalue weighted by Gasteiger charge is -2.45. The molecule has 0 saturated heterocycles. The van der Waals surface area contributed by atoms with Gasteiger partial charge in [-0.05, 0) is 11.6 Å². The van der Waals surface area contributed by atoms with Crippen LogP contribution in [0.5, 0.6) is 0 Å². The molecule has 2 heterocycles. The Hall–Kier alpha value is -3.89. The Balaban J connectivity index is 2.07. The van der Waals surface area contributed by atoms with E-state index in [0.29, 0.717) is 5.56 Å². The molecular formula is C23H18N2O5. The van der Waals surface area contributed by atoms with E-state index >= 15 is 0 Å². The zero-order valence-corrected chi connectivity index (χ0v) is 16.4. The lowest BCUT2D eigenvalue weighted by Crippen LogP contribution is -2.49. The first kappa shape index (κ1) is 19.4. The average molecular weight is 402 g/mol. The number of fused-ring (bicyclic) bond motifs is 3. The van der Waals surface area contributed by atoms with Gasteiger partial charge in [0.15, 0.2) is 6.23 Å². The highest BCUT2D eigenvalue weighted by Gasteiger charge is 2.54. The molecule has 7 heteroatoms. The Morgan fingerprint density at radius 3 is 2.37 bits per heavy atom. The Labute approximate surface area is 173 Å². The summed E-state index contributed by atoms with van der Waals surface area (Å²) in [6.45, 7) is 0. The third-order valence-electron chi connectivity index (χ3n) is 5.17. The van der Waals surface area contributed by atoms with Crippen molar-refractivity contribution < 1.29 is 23.8 Å². The average Bonchev–Trinajstić information content (AvgIpc) is 2.82. The van der Waals surface area contributed by atoms with Crippen molar-refractivity contribution in [3.63, 3.8) is 0 Å². The van der Waals surface area contributed by atoms with Crippen molar-refractivity contribution in [1.82, 2.24) is 4.90 Å². The number of carbonyl (C=O) groups is 2. The smallest absolute Gasteiger partial charge is 0.355 e. The van der Waals surface area contributed by atoms with Gasteiger partial charge in [-0.1, -0.05) is 54.6 Å². The molecule has 0 bridgehead atoms. The molecule has 2 aliphatic rings. The van der Waals surface area contributed by atoms with E-state index in [1.807, 2.05) is 24.3 Å². The van der Waals surface area contributed by atoms with E-state index in [0.717, 1.165) is 11.1 Å². The Morgan fingerprint density at radius 1 is 1.03 bits per heavy atom. The minimum absolute atomic E-state index is 0.100. The maximum absolute atomic E-state index is 12.9. The summed E-state index contributed by atoms with van der Waals surface area (Å²) in [7, 11) is 2.40. The van der Waals surface area contributed by atoms with Crippen LogP contribution in [0.25, 0.3) is 6.08 Å². The highest BCUT2D eigenvalue weighted by molar-refractivity contribution is 6.03. The van der Waals surface area contributed by atoms with Crippen molar-refractivity contribution in [1.29, 1.82) is 5.26 Å². The molecule has 30 heavy (non-hydrogen) atoms. The van der Waals surface area contributed by atoms with Gasteiger partial charge in [0.05, 0.1) is 14.2 Å². The highest BCUT2D eigenvalue weighted by Crippen LogP contribution is 2.49. The predicted octanol–water partition coefficient (Wildman–Crippen LogP) is 3.02. The quantitative estimate of drug-likeness (QED) is 0.729. The molecule has 4 rings (SSSR count). The van der Waals surface area contributed by atoms with Gasteiger partial charge in [-0.3, -0.25) is 0 Å². The van der Waals surface area contributed by atoms with Crippen LogP contribution in [0.3, 0.4) is 0 Å². The Bertz CT molecular complexity index is 1120. The first-order valence-electron chi connectivity index (χ1n) is 9.19. The Morgan fingerprint density at radius 2 is 1.70 bits per heavy atom. The van der Waals surface area contributed by atoms with Crippen LogP contribution in [0, 0.1) is 11.3 Å². The summed E-state index contributed by atoms with van der Waals surface area (Å²) >= 11 is 0. The number of nitrogens with zero attached hydrogens (tertiary/aromatic N) is 2. The van der Waals surface area contributed by atoms with Crippen molar-refractivity contribution in [3.8, 4) is 6.07 Å². The van der Waals surface area contributed by atoms with E-state index in [1.165, 1.54) is 19.1 Å². The summed E-state index contributed by atoms with van der Waals surface area (Å²) < 4.78 is 16.3. The molecule has 2 aromatic rings. The van der Waals surface area contributed by atoms with Gasteiger partial charge in [-0.2, -0.15) is 5.26 Å². The summed E-state index contributed by atoms with van der Waals surface area (Å²) in [6.07, 6.45) is 2.61. The second kappa shape index (κ2) is 7.50. The number of hydrogen-bond acceptors (Lipinski definition) is 7. The number of methoxy groups -OCH3 is 2. The number of hydrogen-bond donors (Lipinski definition) is 0. The molecule has 0 fully saturated rings. The lowest BCUT2D eigenvalue weighted by molar-refractivity contribution is -0.159. The van der Waals surface area contributed by atoms with Gasteiger partial charge in [-0.25, -0.2) is 9.59 Å². The van der Waals surface area contributed by atoms with Gasteiger partial charge in [0.2, 0.25) is 5.60 Å². The maximum Gasteiger partial charge on any atom is 0.355 e. The van der Waals surface area contributed by atoms with Crippen LogP contribution < -0.4 is 0 Å². The minimum atomic E-state index is -1.88. The van der Waals surface area contributed by atoms with E-state index in [1.54, 1.807) is 42.6 Å². The zero-order chi connectivity index (χ0) is 21.3. The molecule has 7 nitrogen and oxygen atoms in total. The summed E-state index contributed by atoms with van der Waals surface area (Å²) in [5.74, 6) is -1.63. The second-order valence-corrected chi connectivity index (χ2v) is 6.69. The summed E-state index contributed by atoms with van der Waals surface area (Å²) in [6, 6.07) is 18.2. The second-order valence-electron chi connectivity index (χ2n) is 6.69. The third kappa shape index (κ3) is 2.78. The highest BCUT2D eigenvalue weighted by atomic mass is 16.6. The van der Waals surface area contributed by atoms with Gasteiger partial charge in [0.1, 0.15) is 17.3 Å². The largest absolute Gasteiger partial charge is 0.465 e. The molecule has 0 spiro atoms. The van der Waals surface area contributed by atoms with Crippen LogP contribution in [0.4, 0.5) is 0 Å². The Kier molecular flexibility index (Phi) is 4.86. The molecule has 0 radical (unpaired) electrons. The maximum atomic E-state index is 12.9. The molecule has 2 unspecified atom stereocenters. The summed E-state index contributed by atoms with van der Waals surface area (Å²) in [5.41, 5.74) is -0.175. The van der Waals surface area contributed by atoms with E-state index in [-0.39, 0.29) is 11.3 Å². The van der Waals surface area contributed by atoms with Crippen molar-refractivity contribution in [2.75, 3.05) is 14.2 Å². The molecule has 0 aromatic heterocycles. The molecule has 150 valence electrons. The van der Waals surface area contributed by atoms with E-state index in [9.17, 15) is 14.9 Å². The molecule has 2 atom stereocenters. The van der Waals surface area contributed by atoms with Gasteiger partial charge in [-0.15, -0.1) is 0 Å². The van der Waals surface area contributed by atoms with Crippen molar-refractivity contribution in [3.05, 3.63) is 88.8 Å². The van der Waals surface area contributed by atoms with Gasteiger partial charge < -0.3 is 19.1 Å². The van der Waals surface area contributed by atoms with E-state index in [2.05, 4.69) is 6.07 Å². The molecule has 2 aromatic carbocycles. The number of nitriles is 1. The van der Waals surface area contributed by atoms with Crippen LogP contribution in [0.2, 0.25) is 0 Å². The van der Waals surface area contributed by atoms with Crippen molar-refractivity contribution in [2.45, 2.75) is 11.8 Å². The molecule has 0 amide bonds. The first-order chi connectivity index (χ1) is 14.6. The van der Waals surface area contributed by atoms with Crippen molar-refractivity contribution >= 4 is 18.0 Å². The lowest BCUT2D eigenvalue weighted by atomic mass is 9.82. The number of rotatable bonds is 3. The first-order valence-corrected chi connectivity index (χ1v) is 9.19. The number of benzene rings is 2. The fourth-order valence-electron chi connectivity index (χ4n) is 3.79. The normalized spacial score (nSPS) is 21.9. The number of ether oxygens (including phenoxy) is 3. The number of esters is 2. The zero-order valence-electron chi connectivity index (χ0n) is 16.4. The van der Waals surface area contributed by atoms with Crippen LogP contribution in [0.15, 0.2) is 72.1 Å². The van der Waals surface area contributed by atoms with Crippen LogP contribution in [-0.4, -0.2) is 31.1 Å². The molecule has 0 aliphatic carbocycles. The fraction of sp³-hybridized carbons (Fsp3) is 0.174. The summed E-state index contributed by atoms with van der Waals surface area (Å²) in [5, 5.41) is 10.3. The van der Waals surface area contributed by atoms with Gasteiger partial charge >= 0.3 is 11.9 Å². The molecular weight excluding hydrogens is 384 g/mol. The van der Waals surface area contributed by atoms with E-state index < -0.39 is 23.8 Å². The van der Waals surface area contributed by atoms with Crippen LogP contribution >= 0.6 is 0 Å². The van der Waals surface area contributed by atoms with Crippen LogP contribution in [-0.2, 0) is 29.4 Å². The predicted molar refractivity (Wildman–Crippen MR) is 106 cm³/mol. The fourth-order valence-corrected chi connectivity index (χ4v) is 3.79. The van der Waals surface area contributed by atoms with Gasteiger partial charge in [0, 0.05) is 17.3 Å². The topological polar surface area (TPSA) is 88.9 Å². The monoisotopic (exact) mass is 402 g/mol. The third-order valence-corrected chi connectivity index (χ3v) is 5.17. The molecule has 2 aliphatic heterocycles. The minimum Gasteiger partial charge on any atom is -0.465 e. The standard InChI is InChI=1S/C23H18N2O5/c1-28-21(26)18-19(22(27)29-2)25-13-12-15-8-6-7-11-17(15)20(25)30-23(18,14-24)16-9-4-3-5-10-16/h3-13,20H,1-2H3. The van der Waals surface area contributed by atoms with Gasteiger partial charge in [0.25, 0.3) is 0 Å². The SMILES string of the molecule is COC(=O)C1=C(C(=O)OC)C(C#N)(c2ccccc2)OC2c3ccccc3C=CN12.